The van der Waals surface area contributed by atoms with Crippen LogP contribution in [0, 0.1) is 6.92 Å². The fourth-order valence-corrected chi connectivity index (χ4v) is 15.6. The summed E-state index contributed by atoms with van der Waals surface area (Å²) in [6.07, 6.45) is 4.86. The maximum atomic E-state index is 2.81. The molecule has 0 spiro atoms. The summed E-state index contributed by atoms with van der Waals surface area (Å²) in [6.45, 7) is 31.4. The van der Waals surface area contributed by atoms with Crippen LogP contribution in [0.15, 0.2) is 152 Å². The molecule has 75 heavy (non-hydrogen) atoms. The molecule has 0 saturated heterocycles. The number of anilines is 8. The van der Waals surface area contributed by atoms with Gasteiger partial charge in [-0.05, 0) is 176 Å². The second-order valence-corrected chi connectivity index (χ2v) is 27.1. The highest BCUT2D eigenvalue weighted by Crippen LogP contribution is 2.66. The van der Waals surface area contributed by atoms with E-state index >= 15 is 0 Å². The Morgan fingerprint density at radius 2 is 1.09 bits per heavy atom. The number of aryl methyl sites for hydroxylation is 1. The Balaban J connectivity index is 1.10. The third kappa shape index (κ3) is 6.12. The third-order valence-electron chi connectivity index (χ3n) is 19.7. The average molecular weight is 978 g/mol. The van der Waals surface area contributed by atoms with E-state index in [0.29, 0.717) is 0 Å². The molecular formula is C71H72BN3. The lowest BCUT2D eigenvalue weighted by molar-refractivity contribution is 0.195. The van der Waals surface area contributed by atoms with E-state index in [0.717, 1.165) is 6.42 Å². The van der Waals surface area contributed by atoms with Gasteiger partial charge in [-0.25, -0.2) is 0 Å². The van der Waals surface area contributed by atoms with Gasteiger partial charge in [0.2, 0.25) is 0 Å². The normalized spacial score (nSPS) is 21.5. The zero-order chi connectivity index (χ0) is 52.1. The molecule has 4 aliphatic heterocycles. The maximum Gasteiger partial charge on any atom is 0.252 e. The summed E-state index contributed by atoms with van der Waals surface area (Å²) < 4.78 is 0. The Kier molecular flexibility index (Phi) is 9.48. The minimum absolute atomic E-state index is 0.0152. The van der Waals surface area contributed by atoms with E-state index in [2.05, 4.69) is 256 Å². The Labute approximate surface area is 447 Å². The zero-order valence-electron chi connectivity index (χ0n) is 46.7. The Hall–Kier alpha value is -6.78. The van der Waals surface area contributed by atoms with Gasteiger partial charge in [-0.15, -0.1) is 0 Å². The molecule has 4 heterocycles. The van der Waals surface area contributed by atoms with E-state index in [-0.39, 0.29) is 39.3 Å². The first kappa shape index (κ1) is 46.7. The lowest BCUT2D eigenvalue weighted by atomic mass is 9.32. The molecule has 2 aliphatic carbocycles. The molecule has 14 rings (SSSR count). The van der Waals surface area contributed by atoms with E-state index in [1.165, 1.54) is 148 Å². The van der Waals surface area contributed by atoms with Gasteiger partial charge in [0.25, 0.3) is 6.71 Å². The minimum Gasteiger partial charge on any atom is -0.334 e. The first-order valence-corrected chi connectivity index (χ1v) is 28.1. The highest BCUT2D eigenvalue weighted by Gasteiger charge is 2.59. The zero-order valence-corrected chi connectivity index (χ0v) is 46.7. The summed E-state index contributed by atoms with van der Waals surface area (Å²) in [6, 6.07) is 60.2. The molecule has 0 aromatic heterocycles. The van der Waals surface area contributed by atoms with Crippen molar-refractivity contribution in [2.45, 2.75) is 148 Å². The van der Waals surface area contributed by atoms with Crippen LogP contribution in [0.2, 0.25) is 0 Å². The summed E-state index contributed by atoms with van der Waals surface area (Å²) >= 11 is 0. The molecule has 0 bridgehead atoms. The number of hydrogen-bond acceptors (Lipinski definition) is 3. The van der Waals surface area contributed by atoms with Crippen molar-refractivity contribution in [2.24, 2.45) is 0 Å². The summed E-state index contributed by atoms with van der Waals surface area (Å²) in [5, 5.41) is 0. The molecule has 8 aromatic carbocycles. The molecule has 0 radical (unpaired) electrons. The van der Waals surface area contributed by atoms with Crippen LogP contribution < -0.4 is 31.1 Å². The first-order chi connectivity index (χ1) is 35.6. The smallest absolute Gasteiger partial charge is 0.252 e. The predicted octanol–water partition coefficient (Wildman–Crippen LogP) is 17.0. The van der Waals surface area contributed by atoms with Crippen LogP contribution in [-0.2, 0) is 27.1 Å². The fourth-order valence-electron chi connectivity index (χ4n) is 15.6. The van der Waals surface area contributed by atoms with Crippen LogP contribution in [0.3, 0.4) is 0 Å². The van der Waals surface area contributed by atoms with Crippen LogP contribution in [0.5, 0.6) is 0 Å². The van der Waals surface area contributed by atoms with Crippen molar-refractivity contribution >= 4 is 68.6 Å². The molecular weight excluding hydrogens is 906 g/mol. The van der Waals surface area contributed by atoms with Crippen molar-refractivity contribution in [3.8, 4) is 22.3 Å². The van der Waals surface area contributed by atoms with E-state index in [1.807, 2.05) is 0 Å². The summed E-state index contributed by atoms with van der Waals surface area (Å²) in [5.41, 5.74) is 30.5. The van der Waals surface area contributed by atoms with Crippen molar-refractivity contribution in [1.29, 1.82) is 0 Å². The molecule has 374 valence electrons. The van der Waals surface area contributed by atoms with Crippen molar-refractivity contribution in [3.63, 3.8) is 0 Å². The standard InChI is InChI=1S/C71H72BN3/c1-43-38-61-64-65-62(43)71(13)52-26-18-17-24-49(52)50-25-21-27-59(63(50)71)74(65)60-42-48(75-57-34-29-46(67(5,6)7)40-53(57)69(11)36-19-20-37-70(69,75)12)31-32-54(60)72(64)55-41-47(68(8,9)10)30-35-58(55)73(61)56-33-28-45(66(2,3)4)39-51(56)44-22-15-14-16-23-44/h14-18,21-35,38-42H,19-20,36-37H2,1-13H3. The largest absolute Gasteiger partial charge is 0.334 e. The topological polar surface area (TPSA) is 9.72 Å². The van der Waals surface area contributed by atoms with E-state index < -0.39 is 0 Å². The number of fused-ring (bicyclic) bond motifs is 13. The Morgan fingerprint density at radius 3 is 1.83 bits per heavy atom. The highest BCUT2D eigenvalue weighted by atomic mass is 15.3. The minimum atomic E-state index is -0.370. The van der Waals surface area contributed by atoms with Gasteiger partial charge in [-0.3, -0.25) is 0 Å². The van der Waals surface area contributed by atoms with Gasteiger partial charge in [0, 0.05) is 50.5 Å². The van der Waals surface area contributed by atoms with Crippen molar-refractivity contribution in [3.05, 3.63) is 196 Å². The monoisotopic (exact) mass is 978 g/mol. The first-order valence-electron chi connectivity index (χ1n) is 28.1. The van der Waals surface area contributed by atoms with Gasteiger partial charge < -0.3 is 14.7 Å². The quantitative estimate of drug-likeness (QED) is 0.163. The molecule has 3 nitrogen and oxygen atoms in total. The van der Waals surface area contributed by atoms with E-state index in [4.69, 9.17) is 0 Å². The summed E-state index contributed by atoms with van der Waals surface area (Å²) in [4.78, 5) is 8.25. The molecule has 0 amide bonds. The lowest BCUT2D eigenvalue weighted by Crippen LogP contribution is -2.63. The molecule has 1 fully saturated rings. The Morgan fingerprint density at radius 1 is 0.453 bits per heavy atom. The van der Waals surface area contributed by atoms with Crippen LogP contribution in [0.1, 0.15) is 153 Å². The highest BCUT2D eigenvalue weighted by molar-refractivity contribution is 7.00. The molecule has 3 unspecified atom stereocenters. The Bertz CT molecular complexity index is 3770. The third-order valence-corrected chi connectivity index (χ3v) is 19.7. The molecule has 4 heteroatoms. The molecule has 8 aromatic rings. The van der Waals surface area contributed by atoms with Gasteiger partial charge in [-0.1, -0.05) is 185 Å². The molecule has 3 atom stereocenters. The van der Waals surface area contributed by atoms with Crippen molar-refractivity contribution in [1.82, 2.24) is 0 Å². The molecule has 1 saturated carbocycles. The van der Waals surface area contributed by atoms with Crippen LogP contribution in [-0.4, -0.2) is 12.3 Å². The number of hydrogen-bond donors (Lipinski definition) is 0. The van der Waals surface area contributed by atoms with Gasteiger partial charge in [-0.2, -0.15) is 0 Å². The van der Waals surface area contributed by atoms with Crippen molar-refractivity contribution < 1.29 is 0 Å². The van der Waals surface area contributed by atoms with Gasteiger partial charge in [0.15, 0.2) is 0 Å². The van der Waals surface area contributed by atoms with Crippen LogP contribution in [0.4, 0.5) is 45.5 Å². The van der Waals surface area contributed by atoms with Crippen LogP contribution in [0.25, 0.3) is 22.3 Å². The molecule has 0 N–H and O–H groups in total. The number of benzene rings is 8. The maximum absolute atomic E-state index is 2.81. The molecule has 6 aliphatic rings. The fraction of sp³-hybridized carbons (Fsp3) is 0.324. The van der Waals surface area contributed by atoms with Gasteiger partial charge >= 0.3 is 0 Å². The summed E-state index contributed by atoms with van der Waals surface area (Å²) in [7, 11) is 0. The predicted molar refractivity (Wildman–Crippen MR) is 321 cm³/mol. The van der Waals surface area contributed by atoms with E-state index in [9.17, 15) is 0 Å². The second-order valence-electron chi connectivity index (χ2n) is 27.1. The van der Waals surface area contributed by atoms with Gasteiger partial charge in [0.05, 0.1) is 16.9 Å². The lowest BCUT2D eigenvalue weighted by Gasteiger charge is -2.52. The average Bonchev–Trinajstić information content (AvgIpc) is 3.78. The number of nitrogens with zero attached hydrogens (tertiary/aromatic N) is 3. The SMILES string of the molecule is Cc1cc2c3c4c1C1(C)c5ccccc5-c5cccc(c51)N4c1cc(N4c5ccc(C(C)(C)C)cc5C5(C)CCCCC45C)ccc1B3c1cc(C(C)(C)C)ccc1N2c1ccc(C(C)(C)C)cc1-c1ccccc1. The second kappa shape index (κ2) is 15.2. The summed E-state index contributed by atoms with van der Waals surface area (Å²) in [5.74, 6) is 0. The van der Waals surface area contributed by atoms with Crippen LogP contribution >= 0.6 is 0 Å². The van der Waals surface area contributed by atoms with Crippen molar-refractivity contribution in [2.75, 3.05) is 14.7 Å². The van der Waals surface area contributed by atoms with Gasteiger partial charge in [0.1, 0.15) is 0 Å². The number of rotatable bonds is 3. The van der Waals surface area contributed by atoms with E-state index in [1.54, 1.807) is 0 Å².